The van der Waals surface area contributed by atoms with E-state index in [4.69, 9.17) is 4.74 Å². The third-order valence-corrected chi connectivity index (χ3v) is 7.64. The molecule has 1 aromatic heterocycles. The molecule has 0 aliphatic rings. The molecular weight excluding hydrogens is 495 g/mol. The van der Waals surface area contributed by atoms with Crippen LogP contribution in [-0.4, -0.2) is 12.5 Å². The molecule has 0 fully saturated rings. The van der Waals surface area contributed by atoms with Gasteiger partial charge in [-0.1, -0.05) is 107 Å². The van der Waals surface area contributed by atoms with Gasteiger partial charge < -0.3 is 10.1 Å². The summed E-state index contributed by atoms with van der Waals surface area (Å²) >= 11 is 1.67. The van der Waals surface area contributed by atoms with E-state index in [1.165, 1.54) is 75.2 Å². The fourth-order valence-electron chi connectivity index (χ4n) is 4.62. The second-order valence-electron chi connectivity index (χ2n) is 10.1. The van der Waals surface area contributed by atoms with Crippen LogP contribution in [0.5, 0.6) is 5.75 Å². The van der Waals surface area contributed by atoms with Crippen molar-refractivity contribution in [3.05, 3.63) is 76.0 Å². The molecule has 0 aliphatic carbocycles. The third-order valence-electron chi connectivity index (χ3n) is 6.78. The van der Waals surface area contributed by atoms with Gasteiger partial charge in [0.1, 0.15) is 0 Å². The van der Waals surface area contributed by atoms with Crippen LogP contribution in [0, 0.1) is 12.7 Å². The first-order valence-electron chi connectivity index (χ1n) is 14.3. The van der Waals surface area contributed by atoms with Gasteiger partial charge >= 0.3 is 0 Å². The first-order valence-corrected chi connectivity index (χ1v) is 15.2. The summed E-state index contributed by atoms with van der Waals surface area (Å²) in [4.78, 5) is 14.2. The third kappa shape index (κ3) is 10.6. The number of hydrogen-bond donors (Lipinski definition) is 1. The van der Waals surface area contributed by atoms with Gasteiger partial charge in [0.2, 0.25) is 5.51 Å². The smallest absolute Gasteiger partial charge is 0.256 e. The number of ether oxygens (including phenoxy) is 1. The summed E-state index contributed by atoms with van der Waals surface area (Å²) in [7, 11) is 0. The number of hydrogen-bond acceptors (Lipinski definition) is 3. The first kappa shape index (κ1) is 29.8. The number of aryl methyl sites for hydroxylation is 1. The Balaban J connectivity index is 1.35. The molecular formula is C32H44FN2O2S+. The number of carbonyl (C=O) groups excluding carboxylic acids is 1. The highest BCUT2D eigenvalue weighted by atomic mass is 32.1. The molecule has 1 N–H and O–H groups in total. The molecule has 3 rings (SSSR count). The average Bonchev–Trinajstić information content (AvgIpc) is 3.32. The van der Waals surface area contributed by atoms with Gasteiger partial charge in [0.25, 0.3) is 5.91 Å². The van der Waals surface area contributed by atoms with Crippen molar-refractivity contribution in [1.82, 2.24) is 0 Å². The summed E-state index contributed by atoms with van der Waals surface area (Å²) in [6.07, 6.45) is 17.4. The van der Waals surface area contributed by atoms with Gasteiger partial charge in [-0.25, -0.2) is 4.39 Å². The Morgan fingerprint density at radius 2 is 1.58 bits per heavy atom. The van der Waals surface area contributed by atoms with E-state index < -0.39 is 5.82 Å². The van der Waals surface area contributed by atoms with Crippen molar-refractivity contribution in [2.45, 2.75) is 97.4 Å². The molecule has 0 spiro atoms. The van der Waals surface area contributed by atoms with Crippen LogP contribution in [-0.2, 0) is 6.54 Å². The molecule has 1 amide bonds. The molecule has 0 unspecified atom stereocenters. The fourth-order valence-corrected chi connectivity index (χ4v) is 5.26. The van der Waals surface area contributed by atoms with Crippen molar-refractivity contribution < 1.29 is 18.5 Å². The minimum absolute atomic E-state index is 0.232. The average molecular weight is 540 g/mol. The topological polar surface area (TPSA) is 42.2 Å². The predicted octanol–water partition coefficient (Wildman–Crippen LogP) is 8.86. The second kappa shape index (κ2) is 17.0. The zero-order valence-electron chi connectivity index (χ0n) is 23.1. The molecule has 1 heterocycles. The molecule has 0 radical (unpaired) electrons. The number of nitrogens with zero attached hydrogens (tertiary/aromatic N) is 1. The number of rotatable bonds is 18. The number of thiazole rings is 1. The number of carbonyl (C=O) groups is 1. The van der Waals surface area contributed by atoms with Crippen molar-refractivity contribution >= 4 is 22.9 Å². The number of halogens is 1. The van der Waals surface area contributed by atoms with E-state index in [0.717, 1.165) is 18.4 Å². The fraction of sp³-hybridized carbons (Fsp3) is 0.500. The Morgan fingerprint density at radius 3 is 2.21 bits per heavy atom. The van der Waals surface area contributed by atoms with E-state index >= 15 is 0 Å². The van der Waals surface area contributed by atoms with Gasteiger partial charge in [-0.05, 0) is 31.5 Å². The monoisotopic (exact) mass is 539 g/mol. The maximum absolute atomic E-state index is 14.6. The van der Waals surface area contributed by atoms with Gasteiger partial charge in [0.05, 0.1) is 11.5 Å². The predicted molar refractivity (Wildman–Crippen MR) is 156 cm³/mol. The number of nitrogens with one attached hydrogen (secondary N) is 1. The van der Waals surface area contributed by atoms with Crippen LogP contribution < -0.4 is 14.6 Å². The maximum atomic E-state index is 14.6. The Kier molecular flexibility index (Phi) is 13.3. The lowest BCUT2D eigenvalue weighted by molar-refractivity contribution is -0.683. The minimum atomic E-state index is -0.459. The highest BCUT2D eigenvalue weighted by Crippen LogP contribution is 2.23. The molecule has 3 aromatic rings. The molecule has 0 atom stereocenters. The van der Waals surface area contributed by atoms with Crippen LogP contribution in [0.15, 0.2) is 54.2 Å². The van der Waals surface area contributed by atoms with Gasteiger partial charge in [-0.15, -0.1) is 0 Å². The van der Waals surface area contributed by atoms with E-state index in [-0.39, 0.29) is 11.7 Å². The van der Waals surface area contributed by atoms with Crippen LogP contribution >= 0.6 is 11.3 Å². The lowest BCUT2D eigenvalue weighted by atomic mass is 10.1. The zero-order chi connectivity index (χ0) is 27.0. The highest BCUT2D eigenvalue weighted by molar-refractivity contribution is 7.09. The Bertz CT molecular complexity index is 1110. The summed E-state index contributed by atoms with van der Waals surface area (Å²) in [5.74, 6) is -0.479. The van der Waals surface area contributed by atoms with Crippen molar-refractivity contribution in [3.63, 3.8) is 0 Å². The number of amides is 1. The summed E-state index contributed by atoms with van der Waals surface area (Å²) in [5, 5.41) is 2.83. The van der Waals surface area contributed by atoms with E-state index in [2.05, 4.69) is 29.9 Å². The van der Waals surface area contributed by atoms with Gasteiger partial charge in [-0.3, -0.25) is 4.79 Å². The molecule has 0 saturated carbocycles. The largest absolute Gasteiger partial charge is 0.491 e. The number of unbranched alkanes of at least 4 members (excludes halogenated alkanes) is 11. The molecule has 206 valence electrons. The molecule has 6 heteroatoms. The Morgan fingerprint density at radius 1 is 0.921 bits per heavy atom. The van der Waals surface area contributed by atoms with E-state index in [1.807, 2.05) is 23.7 Å². The normalized spacial score (nSPS) is 11.0. The Hall–Kier alpha value is -2.73. The Labute approximate surface area is 232 Å². The lowest BCUT2D eigenvalue weighted by Crippen LogP contribution is -2.32. The van der Waals surface area contributed by atoms with Crippen LogP contribution in [0.1, 0.15) is 105 Å². The molecule has 0 saturated heterocycles. The zero-order valence-corrected chi connectivity index (χ0v) is 24.0. The number of aromatic nitrogens is 1. The summed E-state index contributed by atoms with van der Waals surface area (Å²) in [5.41, 5.74) is 3.95. The van der Waals surface area contributed by atoms with E-state index in [0.29, 0.717) is 24.4 Å². The van der Waals surface area contributed by atoms with Crippen molar-refractivity contribution in [2.75, 3.05) is 11.9 Å². The maximum Gasteiger partial charge on any atom is 0.256 e. The molecule has 2 aromatic carbocycles. The van der Waals surface area contributed by atoms with Crippen LogP contribution in [0.4, 0.5) is 10.1 Å². The standard InChI is InChI=1S/C32H43FN2O2S/c1-3-4-5-6-7-8-9-10-11-12-13-16-21-37-31-20-19-28(22-30(31)33)34-32(36)29-18-15-14-17-27(29)24-35-23-26(2)38-25-35/h14-15,17-20,22-23,25H,3-13,16,21,24H2,1-2H3/p+1. The molecule has 0 aliphatic heterocycles. The SMILES string of the molecule is CCCCCCCCCCCCCCOc1ccc(NC(=O)c2ccccc2C[n+]2csc(C)c2)cc1F. The van der Waals surface area contributed by atoms with Crippen molar-refractivity contribution in [3.8, 4) is 5.75 Å². The van der Waals surface area contributed by atoms with Crippen molar-refractivity contribution in [2.24, 2.45) is 0 Å². The van der Waals surface area contributed by atoms with Crippen LogP contribution in [0.25, 0.3) is 0 Å². The van der Waals surface area contributed by atoms with E-state index in [1.54, 1.807) is 29.5 Å². The summed E-state index contributed by atoms with van der Waals surface area (Å²) in [6, 6.07) is 12.1. The highest BCUT2D eigenvalue weighted by Gasteiger charge is 2.16. The molecule has 0 bridgehead atoms. The van der Waals surface area contributed by atoms with Crippen LogP contribution in [0.2, 0.25) is 0 Å². The quantitative estimate of drug-likeness (QED) is 0.130. The summed E-state index contributed by atoms with van der Waals surface area (Å²) < 4.78 is 22.4. The minimum Gasteiger partial charge on any atom is -0.491 e. The van der Waals surface area contributed by atoms with Gasteiger partial charge in [0.15, 0.2) is 24.3 Å². The second-order valence-corrected chi connectivity index (χ2v) is 11.2. The van der Waals surface area contributed by atoms with Gasteiger partial charge in [0, 0.05) is 22.9 Å². The van der Waals surface area contributed by atoms with Gasteiger partial charge in [-0.2, -0.15) is 4.57 Å². The number of benzene rings is 2. The van der Waals surface area contributed by atoms with Crippen LogP contribution in [0.3, 0.4) is 0 Å². The van der Waals surface area contributed by atoms with E-state index in [9.17, 15) is 9.18 Å². The lowest BCUT2D eigenvalue weighted by Gasteiger charge is -2.11. The molecule has 38 heavy (non-hydrogen) atoms. The first-order chi connectivity index (χ1) is 18.6. The van der Waals surface area contributed by atoms with Crippen molar-refractivity contribution in [1.29, 1.82) is 0 Å². The summed E-state index contributed by atoms with van der Waals surface area (Å²) in [6.45, 7) is 5.43. The number of anilines is 1. The molecule has 4 nitrogen and oxygen atoms in total.